The number of aliphatic carboxylic acids is 1. The molecule has 0 spiro atoms. The predicted octanol–water partition coefficient (Wildman–Crippen LogP) is 3.79. The molecule has 1 fully saturated rings. The first kappa shape index (κ1) is 14.9. The number of benzene rings is 1. The van der Waals surface area contributed by atoms with E-state index in [2.05, 4.69) is 30.9 Å². The third kappa shape index (κ3) is 3.99. The molecule has 1 N–H and O–H groups in total. The molecule has 0 heterocycles. The number of para-hydroxylation sites is 1. The standard InChI is InChI=1S/C17H25NO2/c1-13-10-14(2)12-16(11-13)18(9-8-17(19)20)15-6-4-3-5-7-15/h3-7,13-14,16H,8-12H2,1-2H3,(H,19,20). The van der Waals surface area contributed by atoms with Gasteiger partial charge in [-0.2, -0.15) is 0 Å². The smallest absolute Gasteiger partial charge is 0.305 e. The Bertz CT molecular complexity index is 422. The van der Waals surface area contributed by atoms with Crippen LogP contribution in [-0.2, 0) is 4.79 Å². The van der Waals surface area contributed by atoms with E-state index in [1.54, 1.807) is 0 Å². The fourth-order valence-electron chi connectivity index (χ4n) is 3.52. The molecule has 0 saturated heterocycles. The molecule has 0 aliphatic heterocycles. The molecule has 0 bridgehead atoms. The maximum atomic E-state index is 10.9. The van der Waals surface area contributed by atoms with E-state index in [4.69, 9.17) is 5.11 Å². The fraction of sp³-hybridized carbons (Fsp3) is 0.588. The first-order valence-electron chi connectivity index (χ1n) is 7.59. The molecule has 3 nitrogen and oxygen atoms in total. The summed E-state index contributed by atoms with van der Waals surface area (Å²) in [5, 5.41) is 8.98. The van der Waals surface area contributed by atoms with Crippen LogP contribution in [0.1, 0.15) is 39.5 Å². The van der Waals surface area contributed by atoms with E-state index in [0.29, 0.717) is 12.6 Å². The van der Waals surface area contributed by atoms with Crippen LogP contribution in [0, 0.1) is 11.8 Å². The summed E-state index contributed by atoms with van der Waals surface area (Å²) >= 11 is 0. The zero-order chi connectivity index (χ0) is 14.5. The Hall–Kier alpha value is -1.51. The number of carboxylic acid groups (broad SMARTS) is 1. The Balaban J connectivity index is 2.15. The topological polar surface area (TPSA) is 40.5 Å². The second-order valence-corrected chi connectivity index (χ2v) is 6.24. The molecule has 0 amide bonds. The van der Waals surface area contributed by atoms with E-state index in [0.717, 1.165) is 17.5 Å². The molecule has 20 heavy (non-hydrogen) atoms. The van der Waals surface area contributed by atoms with Gasteiger partial charge in [-0.3, -0.25) is 4.79 Å². The van der Waals surface area contributed by atoms with Crippen LogP contribution < -0.4 is 4.90 Å². The largest absolute Gasteiger partial charge is 0.481 e. The molecule has 0 aromatic heterocycles. The second-order valence-electron chi connectivity index (χ2n) is 6.24. The average molecular weight is 275 g/mol. The van der Waals surface area contributed by atoms with Crippen LogP contribution in [0.25, 0.3) is 0 Å². The SMILES string of the molecule is CC1CC(C)CC(N(CCC(=O)O)c2ccccc2)C1. The highest BCUT2D eigenvalue weighted by atomic mass is 16.4. The Morgan fingerprint density at radius 3 is 2.30 bits per heavy atom. The summed E-state index contributed by atoms with van der Waals surface area (Å²) in [6.45, 7) is 5.22. The number of carbonyl (C=O) groups is 1. The minimum atomic E-state index is -0.720. The van der Waals surface area contributed by atoms with Crippen molar-refractivity contribution in [1.82, 2.24) is 0 Å². The Labute approximate surface area is 121 Å². The summed E-state index contributed by atoms with van der Waals surface area (Å²) in [7, 11) is 0. The molecule has 2 atom stereocenters. The molecule has 1 aromatic carbocycles. The highest BCUT2D eigenvalue weighted by Gasteiger charge is 2.28. The van der Waals surface area contributed by atoms with Crippen LogP contribution >= 0.6 is 0 Å². The molecule has 1 saturated carbocycles. The number of anilines is 1. The van der Waals surface area contributed by atoms with Gasteiger partial charge >= 0.3 is 5.97 Å². The zero-order valence-corrected chi connectivity index (χ0v) is 12.5. The number of hydrogen-bond acceptors (Lipinski definition) is 2. The van der Waals surface area contributed by atoms with Gasteiger partial charge in [0.05, 0.1) is 6.42 Å². The average Bonchev–Trinajstić information content (AvgIpc) is 2.38. The lowest BCUT2D eigenvalue weighted by atomic mass is 9.79. The van der Waals surface area contributed by atoms with Gasteiger partial charge in [-0.15, -0.1) is 0 Å². The molecule has 1 aliphatic rings. The lowest BCUT2D eigenvalue weighted by Crippen LogP contribution is -2.41. The first-order chi connectivity index (χ1) is 9.56. The third-order valence-corrected chi connectivity index (χ3v) is 4.25. The van der Waals surface area contributed by atoms with Gasteiger partial charge in [-0.1, -0.05) is 32.0 Å². The molecule has 1 aromatic rings. The molecular weight excluding hydrogens is 250 g/mol. The van der Waals surface area contributed by atoms with Gasteiger partial charge in [-0.05, 0) is 43.2 Å². The monoisotopic (exact) mass is 275 g/mol. The van der Waals surface area contributed by atoms with Crippen LogP contribution in [0.3, 0.4) is 0 Å². The lowest BCUT2D eigenvalue weighted by molar-refractivity contribution is -0.136. The Kier molecular flexibility index (Phi) is 5.05. The lowest BCUT2D eigenvalue weighted by Gasteiger charge is -2.40. The van der Waals surface area contributed by atoms with Crippen LogP contribution in [0.5, 0.6) is 0 Å². The minimum Gasteiger partial charge on any atom is -0.481 e. The maximum absolute atomic E-state index is 10.9. The van der Waals surface area contributed by atoms with Gasteiger partial charge in [-0.25, -0.2) is 0 Å². The third-order valence-electron chi connectivity index (χ3n) is 4.25. The van der Waals surface area contributed by atoms with Crippen molar-refractivity contribution in [1.29, 1.82) is 0 Å². The fourth-order valence-corrected chi connectivity index (χ4v) is 3.52. The summed E-state index contributed by atoms with van der Waals surface area (Å²) in [4.78, 5) is 13.2. The van der Waals surface area contributed by atoms with Crippen LogP contribution in [0.2, 0.25) is 0 Å². The molecule has 110 valence electrons. The summed E-state index contributed by atoms with van der Waals surface area (Å²) in [6, 6.07) is 10.7. The number of rotatable bonds is 5. The highest BCUT2D eigenvalue weighted by molar-refractivity contribution is 5.67. The van der Waals surface area contributed by atoms with E-state index >= 15 is 0 Å². The van der Waals surface area contributed by atoms with Gasteiger partial charge in [0.2, 0.25) is 0 Å². The van der Waals surface area contributed by atoms with Crippen LogP contribution in [0.4, 0.5) is 5.69 Å². The highest BCUT2D eigenvalue weighted by Crippen LogP contribution is 2.33. The Morgan fingerprint density at radius 1 is 1.15 bits per heavy atom. The summed E-state index contributed by atoms with van der Waals surface area (Å²) in [5.41, 5.74) is 1.15. The molecule has 0 radical (unpaired) electrons. The van der Waals surface area contributed by atoms with Crippen molar-refractivity contribution < 1.29 is 9.90 Å². The van der Waals surface area contributed by atoms with Gasteiger partial charge in [0.25, 0.3) is 0 Å². The van der Waals surface area contributed by atoms with E-state index < -0.39 is 5.97 Å². The van der Waals surface area contributed by atoms with Crippen molar-refractivity contribution in [3.63, 3.8) is 0 Å². The van der Waals surface area contributed by atoms with Gasteiger partial charge in [0.1, 0.15) is 0 Å². The van der Waals surface area contributed by atoms with Crippen LogP contribution in [-0.4, -0.2) is 23.7 Å². The van der Waals surface area contributed by atoms with E-state index in [1.807, 2.05) is 18.2 Å². The van der Waals surface area contributed by atoms with Crippen molar-refractivity contribution in [2.75, 3.05) is 11.4 Å². The first-order valence-corrected chi connectivity index (χ1v) is 7.59. The van der Waals surface area contributed by atoms with E-state index in [1.165, 1.54) is 19.3 Å². The van der Waals surface area contributed by atoms with Crippen LogP contribution in [0.15, 0.2) is 30.3 Å². The summed E-state index contributed by atoms with van der Waals surface area (Å²) < 4.78 is 0. The summed E-state index contributed by atoms with van der Waals surface area (Å²) in [5.74, 6) is 0.724. The number of hydrogen-bond donors (Lipinski definition) is 1. The van der Waals surface area contributed by atoms with Crippen molar-refractivity contribution in [3.8, 4) is 0 Å². The molecule has 2 unspecified atom stereocenters. The van der Waals surface area contributed by atoms with Gasteiger partial charge < -0.3 is 10.0 Å². The van der Waals surface area contributed by atoms with E-state index in [-0.39, 0.29) is 6.42 Å². The quantitative estimate of drug-likeness (QED) is 0.888. The minimum absolute atomic E-state index is 0.203. The zero-order valence-electron chi connectivity index (χ0n) is 12.5. The molecular formula is C17H25NO2. The number of carboxylic acids is 1. The van der Waals surface area contributed by atoms with Crippen molar-refractivity contribution in [3.05, 3.63) is 30.3 Å². The van der Waals surface area contributed by atoms with Gasteiger partial charge in [0, 0.05) is 18.3 Å². The van der Waals surface area contributed by atoms with E-state index in [9.17, 15) is 4.79 Å². The van der Waals surface area contributed by atoms with Crippen molar-refractivity contribution in [2.24, 2.45) is 11.8 Å². The summed E-state index contributed by atoms with van der Waals surface area (Å²) in [6.07, 6.45) is 3.82. The second kappa shape index (κ2) is 6.78. The van der Waals surface area contributed by atoms with Crippen molar-refractivity contribution in [2.45, 2.75) is 45.6 Å². The predicted molar refractivity (Wildman–Crippen MR) is 82.0 cm³/mol. The normalized spacial score (nSPS) is 26.2. The Morgan fingerprint density at radius 2 is 1.75 bits per heavy atom. The van der Waals surface area contributed by atoms with Gasteiger partial charge in [0.15, 0.2) is 0 Å². The molecule has 1 aliphatic carbocycles. The molecule has 2 rings (SSSR count). The van der Waals surface area contributed by atoms with Crippen molar-refractivity contribution >= 4 is 11.7 Å². The molecule has 3 heteroatoms. The maximum Gasteiger partial charge on any atom is 0.305 e. The number of nitrogens with zero attached hydrogens (tertiary/aromatic N) is 1.